The predicted molar refractivity (Wildman–Crippen MR) is 43.0 cm³/mol. The highest BCUT2D eigenvalue weighted by Crippen LogP contribution is 1.95. The molecule has 2 N–H and O–H groups in total. The SMILES string of the molecule is CC(C)(O)CO.CN(C)C. The van der Waals surface area contributed by atoms with E-state index in [1.807, 2.05) is 26.0 Å². The second-order valence-corrected chi connectivity index (χ2v) is 3.31. The molecule has 3 nitrogen and oxygen atoms in total. The average molecular weight is 149 g/mol. The number of hydrogen-bond donors (Lipinski definition) is 2. The summed E-state index contributed by atoms with van der Waals surface area (Å²) >= 11 is 0. The highest BCUT2D eigenvalue weighted by Gasteiger charge is 2.07. The van der Waals surface area contributed by atoms with Crippen LogP contribution >= 0.6 is 0 Å². The van der Waals surface area contributed by atoms with Gasteiger partial charge in [0.2, 0.25) is 0 Å². The van der Waals surface area contributed by atoms with E-state index in [2.05, 4.69) is 0 Å². The van der Waals surface area contributed by atoms with Crippen LogP contribution in [0.1, 0.15) is 13.8 Å². The lowest BCUT2D eigenvalue weighted by Gasteiger charge is -2.10. The van der Waals surface area contributed by atoms with Crippen molar-refractivity contribution < 1.29 is 10.2 Å². The quantitative estimate of drug-likeness (QED) is 0.548. The summed E-state index contributed by atoms with van der Waals surface area (Å²) in [7, 11) is 6.00. The fourth-order valence-corrected chi connectivity index (χ4v) is 0. The normalized spacial score (nSPS) is 10.8. The molecule has 0 atom stereocenters. The molecule has 0 aliphatic rings. The van der Waals surface area contributed by atoms with Crippen LogP contribution in [0.4, 0.5) is 0 Å². The molecule has 0 amide bonds. The first-order valence-electron chi connectivity index (χ1n) is 3.24. The van der Waals surface area contributed by atoms with Gasteiger partial charge in [-0.25, -0.2) is 0 Å². The van der Waals surface area contributed by atoms with E-state index in [-0.39, 0.29) is 6.61 Å². The predicted octanol–water partition coefficient (Wildman–Crippen LogP) is -0.0726. The fourth-order valence-electron chi connectivity index (χ4n) is 0. The summed E-state index contributed by atoms with van der Waals surface area (Å²) in [6.07, 6.45) is 0. The standard InChI is InChI=1S/C4H10O2.C3H9N/c1-4(2,6)3-5;1-4(2)3/h5-6H,3H2,1-2H3;1-3H3. The first-order valence-corrected chi connectivity index (χ1v) is 3.24. The number of nitrogens with zero attached hydrogens (tertiary/aromatic N) is 1. The summed E-state index contributed by atoms with van der Waals surface area (Å²) < 4.78 is 0. The van der Waals surface area contributed by atoms with Crippen LogP contribution in [0.3, 0.4) is 0 Å². The molecule has 0 radical (unpaired) electrons. The average Bonchev–Trinajstić information content (AvgIpc) is 1.63. The van der Waals surface area contributed by atoms with Gasteiger partial charge in [0, 0.05) is 0 Å². The molecule has 0 spiro atoms. The molecule has 0 bridgehead atoms. The maximum absolute atomic E-state index is 8.58. The zero-order chi connectivity index (χ0) is 8.78. The van der Waals surface area contributed by atoms with Gasteiger partial charge in [-0.2, -0.15) is 0 Å². The van der Waals surface area contributed by atoms with Crippen LogP contribution in [-0.2, 0) is 0 Å². The topological polar surface area (TPSA) is 43.7 Å². The van der Waals surface area contributed by atoms with Crippen LogP contribution in [0.5, 0.6) is 0 Å². The Balaban J connectivity index is 0. The molecule has 0 aliphatic carbocycles. The van der Waals surface area contributed by atoms with Crippen molar-refractivity contribution in [2.24, 2.45) is 0 Å². The number of aliphatic hydroxyl groups is 2. The van der Waals surface area contributed by atoms with Gasteiger partial charge < -0.3 is 15.1 Å². The van der Waals surface area contributed by atoms with Gasteiger partial charge in [0.15, 0.2) is 0 Å². The molecule has 10 heavy (non-hydrogen) atoms. The van der Waals surface area contributed by atoms with E-state index in [1.165, 1.54) is 0 Å². The Bertz CT molecular complexity index is 63.7. The molecular formula is C7H19NO2. The Hall–Kier alpha value is -0.120. The third-order valence-electron chi connectivity index (χ3n) is 0.387. The molecule has 0 saturated carbocycles. The summed E-state index contributed by atoms with van der Waals surface area (Å²) in [5.74, 6) is 0. The van der Waals surface area contributed by atoms with Crippen molar-refractivity contribution in [3.05, 3.63) is 0 Å². The highest BCUT2D eigenvalue weighted by atomic mass is 16.3. The zero-order valence-corrected chi connectivity index (χ0v) is 7.55. The molecule has 0 fully saturated rings. The minimum Gasteiger partial charge on any atom is -0.393 e. The number of aliphatic hydroxyl groups excluding tert-OH is 1. The van der Waals surface area contributed by atoms with Crippen LogP contribution in [0.15, 0.2) is 0 Å². The minimum atomic E-state index is -0.903. The minimum absolute atomic E-state index is 0.174. The largest absolute Gasteiger partial charge is 0.393 e. The van der Waals surface area contributed by atoms with Gasteiger partial charge >= 0.3 is 0 Å². The third kappa shape index (κ3) is 45.0. The lowest BCUT2D eigenvalue weighted by molar-refractivity contribution is 0.0183. The van der Waals surface area contributed by atoms with Crippen LogP contribution < -0.4 is 0 Å². The van der Waals surface area contributed by atoms with Crippen LogP contribution in [-0.4, -0.2) is 48.5 Å². The van der Waals surface area contributed by atoms with Gasteiger partial charge in [0.25, 0.3) is 0 Å². The fraction of sp³-hybridized carbons (Fsp3) is 1.00. The van der Waals surface area contributed by atoms with Crippen LogP contribution in [0.2, 0.25) is 0 Å². The lowest BCUT2D eigenvalue weighted by Crippen LogP contribution is -2.23. The van der Waals surface area contributed by atoms with E-state index in [4.69, 9.17) is 10.2 Å². The first-order chi connectivity index (χ1) is 4.29. The monoisotopic (exact) mass is 149 g/mol. The first kappa shape index (κ1) is 12.5. The molecule has 0 rings (SSSR count). The summed E-state index contributed by atoms with van der Waals surface area (Å²) in [6.45, 7) is 2.92. The molecule has 0 aromatic rings. The molecule has 0 saturated heterocycles. The van der Waals surface area contributed by atoms with Crippen molar-refractivity contribution in [2.75, 3.05) is 27.7 Å². The molecular weight excluding hydrogens is 130 g/mol. The van der Waals surface area contributed by atoms with Crippen molar-refractivity contribution in [3.63, 3.8) is 0 Å². The van der Waals surface area contributed by atoms with Crippen LogP contribution in [0, 0.1) is 0 Å². The van der Waals surface area contributed by atoms with Crippen molar-refractivity contribution in [2.45, 2.75) is 19.4 Å². The highest BCUT2D eigenvalue weighted by molar-refractivity contribution is 4.59. The van der Waals surface area contributed by atoms with E-state index in [1.54, 1.807) is 13.8 Å². The Kier molecular flexibility index (Phi) is 7.09. The van der Waals surface area contributed by atoms with Gasteiger partial charge in [-0.3, -0.25) is 0 Å². The van der Waals surface area contributed by atoms with Crippen molar-refractivity contribution >= 4 is 0 Å². The van der Waals surface area contributed by atoms with Crippen molar-refractivity contribution in [1.29, 1.82) is 0 Å². The molecule has 0 aromatic heterocycles. The molecule has 0 heterocycles. The summed E-state index contributed by atoms with van der Waals surface area (Å²) in [6, 6.07) is 0. The maximum atomic E-state index is 8.58. The summed E-state index contributed by atoms with van der Waals surface area (Å²) in [4.78, 5) is 2.00. The van der Waals surface area contributed by atoms with E-state index < -0.39 is 5.60 Å². The number of rotatable bonds is 1. The van der Waals surface area contributed by atoms with Gasteiger partial charge in [0.1, 0.15) is 0 Å². The third-order valence-corrected chi connectivity index (χ3v) is 0.387. The van der Waals surface area contributed by atoms with Crippen molar-refractivity contribution in [1.82, 2.24) is 4.90 Å². The van der Waals surface area contributed by atoms with Gasteiger partial charge in [0.05, 0.1) is 12.2 Å². The Morgan fingerprint density at radius 1 is 1.20 bits per heavy atom. The lowest BCUT2D eigenvalue weighted by atomic mass is 10.2. The zero-order valence-electron chi connectivity index (χ0n) is 7.55. The van der Waals surface area contributed by atoms with Gasteiger partial charge in [-0.1, -0.05) is 0 Å². The Morgan fingerprint density at radius 3 is 1.30 bits per heavy atom. The second-order valence-electron chi connectivity index (χ2n) is 3.31. The molecule has 0 aromatic carbocycles. The molecule has 64 valence electrons. The van der Waals surface area contributed by atoms with E-state index in [0.29, 0.717) is 0 Å². The smallest absolute Gasteiger partial charge is 0.0821 e. The summed E-state index contributed by atoms with van der Waals surface area (Å²) in [5, 5.41) is 16.7. The Labute approximate surface area is 63.3 Å². The molecule has 0 unspecified atom stereocenters. The number of hydrogen-bond acceptors (Lipinski definition) is 3. The summed E-state index contributed by atoms with van der Waals surface area (Å²) in [5.41, 5.74) is -0.903. The second kappa shape index (κ2) is 5.65. The van der Waals surface area contributed by atoms with Gasteiger partial charge in [-0.15, -0.1) is 0 Å². The van der Waals surface area contributed by atoms with Gasteiger partial charge in [-0.05, 0) is 35.0 Å². The van der Waals surface area contributed by atoms with E-state index >= 15 is 0 Å². The van der Waals surface area contributed by atoms with Crippen LogP contribution in [0.25, 0.3) is 0 Å². The molecule has 0 aliphatic heterocycles. The Morgan fingerprint density at radius 2 is 1.30 bits per heavy atom. The maximum Gasteiger partial charge on any atom is 0.0821 e. The van der Waals surface area contributed by atoms with Crippen molar-refractivity contribution in [3.8, 4) is 0 Å². The molecule has 3 heteroatoms. The van der Waals surface area contributed by atoms with E-state index in [0.717, 1.165) is 0 Å². The van der Waals surface area contributed by atoms with E-state index in [9.17, 15) is 0 Å².